The molecule has 1 N–H and O–H groups in total. The van der Waals surface area contributed by atoms with Crippen molar-refractivity contribution in [3.05, 3.63) is 16.5 Å². The molecule has 1 aromatic heterocycles. The molecule has 1 saturated heterocycles. The number of amides is 1. The van der Waals surface area contributed by atoms with Gasteiger partial charge in [-0.3, -0.25) is 9.69 Å². The Labute approximate surface area is 136 Å². The van der Waals surface area contributed by atoms with Crippen molar-refractivity contribution in [1.82, 2.24) is 15.0 Å². The summed E-state index contributed by atoms with van der Waals surface area (Å²) in [6.45, 7) is 7.55. The smallest absolute Gasteiger partial charge is 0.229 e. The molecule has 22 heavy (non-hydrogen) atoms. The van der Waals surface area contributed by atoms with Gasteiger partial charge in [0.15, 0.2) is 0 Å². The van der Waals surface area contributed by atoms with E-state index in [9.17, 15) is 9.90 Å². The number of β-amino-alcohol motifs (C(OH)–C–C–N with tert-alkyl or cyclic N) is 1. The van der Waals surface area contributed by atoms with E-state index in [2.05, 4.69) is 10.1 Å². The maximum absolute atomic E-state index is 12.3. The van der Waals surface area contributed by atoms with Gasteiger partial charge in [-0.25, -0.2) is 0 Å². The second-order valence-electron chi connectivity index (χ2n) is 5.76. The largest absolute Gasteiger partial charge is 0.392 e. The molecule has 0 aliphatic carbocycles. The number of nitrogens with zero attached hydrogens (tertiary/aromatic N) is 3. The van der Waals surface area contributed by atoms with E-state index in [4.69, 9.17) is 16.1 Å². The normalized spacial score (nSPS) is 17.7. The van der Waals surface area contributed by atoms with Gasteiger partial charge in [-0.2, -0.15) is 0 Å². The van der Waals surface area contributed by atoms with E-state index in [1.807, 2.05) is 18.7 Å². The first kappa shape index (κ1) is 17.2. The van der Waals surface area contributed by atoms with Crippen LogP contribution >= 0.6 is 11.6 Å². The van der Waals surface area contributed by atoms with Gasteiger partial charge in [-0.05, 0) is 31.4 Å². The summed E-state index contributed by atoms with van der Waals surface area (Å²) in [4.78, 5) is 16.4. The molecule has 1 fully saturated rings. The summed E-state index contributed by atoms with van der Waals surface area (Å²) in [7, 11) is 0. The highest BCUT2D eigenvalue weighted by Gasteiger charge is 2.22. The fraction of sp³-hybridized carbons (Fsp3) is 0.733. The summed E-state index contributed by atoms with van der Waals surface area (Å²) in [5.41, 5.74) is 1.57. The van der Waals surface area contributed by atoms with Crippen LogP contribution in [0.25, 0.3) is 0 Å². The summed E-state index contributed by atoms with van der Waals surface area (Å²) >= 11 is 5.91. The van der Waals surface area contributed by atoms with Crippen LogP contribution in [-0.2, 0) is 11.2 Å². The number of halogens is 1. The first-order valence-corrected chi connectivity index (χ1v) is 8.18. The van der Waals surface area contributed by atoms with E-state index in [0.717, 1.165) is 30.8 Å². The maximum Gasteiger partial charge on any atom is 0.229 e. The second kappa shape index (κ2) is 7.94. The number of rotatable bonds is 6. The van der Waals surface area contributed by atoms with Crippen LogP contribution in [0, 0.1) is 6.92 Å². The van der Waals surface area contributed by atoms with Gasteiger partial charge in [-0.15, -0.1) is 0 Å². The highest BCUT2D eigenvalue weighted by atomic mass is 35.5. The SMILES string of the molecule is CCC(O)CN1CCN(C(=O)CCc2c(C)noc2Cl)CC1. The minimum Gasteiger partial charge on any atom is -0.392 e. The van der Waals surface area contributed by atoms with Crippen LogP contribution in [0.15, 0.2) is 4.52 Å². The molecule has 0 radical (unpaired) electrons. The minimum absolute atomic E-state index is 0.132. The van der Waals surface area contributed by atoms with Crippen LogP contribution < -0.4 is 0 Å². The molecule has 0 aromatic carbocycles. The first-order chi connectivity index (χ1) is 10.5. The van der Waals surface area contributed by atoms with Crippen molar-refractivity contribution in [1.29, 1.82) is 0 Å². The van der Waals surface area contributed by atoms with Crippen LogP contribution in [0.5, 0.6) is 0 Å². The molecule has 1 aliphatic rings. The van der Waals surface area contributed by atoms with Crippen molar-refractivity contribution in [2.75, 3.05) is 32.7 Å². The number of carbonyl (C=O) groups is 1. The molecule has 124 valence electrons. The van der Waals surface area contributed by atoms with Gasteiger partial charge in [0, 0.05) is 44.7 Å². The Morgan fingerprint density at radius 2 is 2.09 bits per heavy atom. The number of piperazine rings is 1. The summed E-state index contributed by atoms with van der Waals surface area (Å²) in [5.74, 6) is 0.132. The quantitative estimate of drug-likeness (QED) is 0.856. The highest BCUT2D eigenvalue weighted by molar-refractivity contribution is 6.29. The molecular formula is C15H24ClN3O3. The van der Waals surface area contributed by atoms with E-state index in [1.54, 1.807) is 0 Å². The number of aliphatic hydroxyl groups is 1. The molecule has 1 amide bonds. The zero-order valence-electron chi connectivity index (χ0n) is 13.2. The lowest BCUT2D eigenvalue weighted by atomic mass is 10.1. The molecule has 0 bridgehead atoms. The van der Waals surface area contributed by atoms with Gasteiger partial charge in [-0.1, -0.05) is 12.1 Å². The lowest BCUT2D eigenvalue weighted by molar-refractivity contribution is -0.133. The van der Waals surface area contributed by atoms with Crippen molar-refractivity contribution in [3.63, 3.8) is 0 Å². The Balaban J connectivity index is 1.76. The molecule has 1 aliphatic heterocycles. The van der Waals surface area contributed by atoms with E-state index in [-0.39, 0.29) is 17.2 Å². The van der Waals surface area contributed by atoms with E-state index in [1.165, 1.54) is 0 Å². The van der Waals surface area contributed by atoms with Gasteiger partial charge in [0.2, 0.25) is 11.1 Å². The Morgan fingerprint density at radius 3 is 2.64 bits per heavy atom. The molecule has 2 rings (SSSR count). The maximum atomic E-state index is 12.3. The van der Waals surface area contributed by atoms with Gasteiger partial charge >= 0.3 is 0 Å². The third-order valence-corrected chi connectivity index (χ3v) is 4.49. The highest BCUT2D eigenvalue weighted by Crippen LogP contribution is 2.21. The van der Waals surface area contributed by atoms with Gasteiger partial charge in [0.25, 0.3) is 0 Å². The van der Waals surface area contributed by atoms with Crippen molar-refractivity contribution in [2.45, 2.75) is 39.2 Å². The van der Waals surface area contributed by atoms with Crippen LogP contribution in [0.3, 0.4) is 0 Å². The topological polar surface area (TPSA) is 69.8 Å². The number of carbonyl (C=O) groups excluding carboxylic acids is 1. The number of aliphatic hydroxyl groups excluding tert-OH is 1. The number of aromatic nitrogens is 1. The molecule has 7 heteroatoms. The van der Waals surface area contributed by atoms with E-state index >= 15 is 0 Å². The Kier molecular flexibility index (Phi) is 6.23. The minimum atomic E-state index is -0.277. The van der Waals surface area contributed by atoms with Crippen LogP contribution in [0.1, 0.15) is 31.0 Å². The molecule has 6 nitrogen and oxygen atoms in total. The standard InChI is InChI=1S/C15H24ClN3O3/c1-3-12(20)10-18-6-8-19(9-7-18)14(21)5-4-13-11(2)17-22-15(13)16/h12,20H,3-10H2,1-2H3. The first-order valence-electron chi connectivity index (χ1n) is 7.80. The van der Waals surface area contributed by atoms with E-state index < -0.39 is 0 Å². The molecule has 0 spiro atoms. The molecule has 0 saturated carbocycles. The van der Waals surface area contributed by atoms with Gasteiger partial charge < -0.3 is 14.5 Å². The molecular weight excluding hydrogens is 306 g/mol. The van der Waals surface area contributed by atoms with Crippen molar-refractivity contribution in [2.24, 2.45) is 0 Å². The predicted octanol–water partition coefficient (Wildman–Crippen LogP) is 1.48. The van der Waals surface area contributed by atoms with Crippen molar-refractivity contribution < 1.29 is 14.4 Å². The average molecular weight is 330 g/mol. The van der Waals surface area contributed by atoms with Crippen LogP contribution in [0.2, 0.25) is 5.22 Å². The fourth-order valence-corrected chi connectivity index (χ4v) is 2.90. The summed E-state index contributed by atoms with van der Waals surface area (Å²) in [5, 5.41) is 13.7. The Morgan fingerprint density at radius 1 is 1.41 bits per heavy atom. The second-order valence-corrected chi connectivity index (χ2v) is 6.11. The zero-order valence-corrected chi connectivity index (χ0v) is 14.0. The molecule has 1 atom stereocenters. The summed E-state index contributed by atoms with van der Waals surface area (Å²) in [6, 6.07) is 0. The van der Waals surface area contributed by atoms with Gasteiger partial charge in [0.1, 0.15) is 0 Å². The number of hydrogen-bond donors (Lipinski definition) is 1. The predicted molar refractivity (Wildman–Crippen MR) is 83.9 cm³/mol. The van der Waals surface area contributed by atoms with Crippen LogP contribution in [-0.4, -0.2) is 64.8 Å². The Hall–Kier alpha value is -1.11. The zero-order chi connectivity index (χ0) is 16.1. The molecule has 1 unspecified atom stereocenters. The lowest BCUT2D eigenvalue weighted by Crippen LogP contribution is -2.50. The number of hydrogen-bond acceptors (Lipinski definition) is 5. The van der Waals surface area contributed by atoms with Crippen molar-refractivity contribution in [3.8, 4) is 0 Å². The molecule has 1 aromatic rings. The third kappa shape index (κ3) is 4.44. The molecule has 2 heterocycles. The fourth-order valence-electron chi connectivity index (χ4n) is 2.64. The Bertz CT molecular complexity index is 479. The average Bonchev–Trinajstić information content (AvgIpc) is 2.84. The van der Waals surface area contributed by atoms with Crippen LogP contribution in [0.4, 0.5) is 0 Å². The third-order valence-electron chi connectivity index (χ3n) is 4.19. The lowest BCUT2D eigenvalue weighted by Gasteiger charge is -2.35. The number of aryl methyl sites for hydroxylation is 1. The summed E-state index contributed by atoms with van der Waals surface area (Å²) < 4.78 is 4.89. The van der Waals surface area contributed by atoms with Crippen molar-refractivity contribution >= 4 is 17.5 Å². The van der Waals surface area contributed by atoms with Gasteiger partial charge in [0.05, 0.1) is 11.8 Å². The van der Waals surface area contributed by atoms with E-state index in [0.29, 0.717) is 32.5 Å². The monoisotopic (exact) mass is 329 g/mol. The summed E-state index contributed by atoms with van der Waals surface area (Å²) in [6.07, 6.45) is 1.46.